The van der Waals surface area contributed by atoms with Crippen molar-refractivity contribution >= 4 is 16.2 Å². The lowest BCUT2D eigenvalue weighted by atomic mass is 9.71. The fourth-order valence-corrected chi connectivity index (χ4v) is 5.76. The molecule has 3 rings (SSSR count). The molecule has 5 unspecified atom stereocenters. The highest BCUT2D eigenvalue weighted by molar-refractivity contribution is 7.95. The van der Waals surface area contributed by atoms with E-state index in [-0.39, 0.29) is 11.8 Å². The van der Waals surface area contributed by atoms with Crippen LogP contribution in [0.5, 0.6) is 0 Å². The van der Waals surface area contributed by atoms with E-state index in [0.717, 1.165) is 51.2 Å². The van der Waals surface area contributed by atoms with Crippen molar-refractivity contribution < 1.29 is 13.6 Å². The average molecular weight is 369 g/mol. The number of carbonyl (C=O) groups excluding carboxylic acids is 1. The van der Waals surface area contributed by atoms with E-state index in [1.54, 1.807) is 0 Å². The summed E-state index contributed by atoms with van der Waals surface area (Å²) < 4.78 is 20.7. The smallest absolute Gasteiger partial charge is 0.249 e. The van der Waals surface area contributed by atoms with Crippen molar-refractivity contribution in [2.24, 2.45) is 23.7 Å². The van der Waals surface area contributed by atoms with Crippen LogP contribution >= 0.6 is 0 Å². The molecule has 5 nitrogen and oxygen atoms in total. The van der Waals surface area contributed by atoms with E-state index < -0.39 is 16.2 Å². The van der Waals surface area contributed by atoms with Gasteiger partial charge in [-0.15, -0.1) is 0 Å². The second kappa shape index (κ2) is 8.31. The van der Waals surface area contributed by atoms with E-state index >= 15 is 0 Å². The molecule has 2 heterocycles. The van der Waals surface area contributed by atoms with Crippen LogP contribution in [0.3, 0.4) is 0 Å². The van der Waals surface area contributed by atoms with E-state index in [2.05, 4.69) is 23.0 Å². The van der Waals surface area contributed by atoms with E-state index in [4.69, 9.17) is 0 Å². The first-order chi connectivity index (χ1) is 12.0. The lowest BCUT2D eigenvalue weighted by molar-refractivity contribution is -0.120. The Morgan fingerprint density at radius 3 is 2.80 bits per heavy atom. The molecule has 0 amide bonds. The lowest BCUT2D eigenvalue weighted by Gasteiger charge is -2.51. The number of fused-ring (bicyclic) bond motifs is 1. The molecule has 2 saturated heterocycles. The Bertz CT molecular complexity index is 551. The second-order valence-electron chi connectivity index (χ2n) is 7.99. The van der Waals surface area contributed by atoms with Crippen LogP contribution in [0.1, 0.15) is 58.8 Å². The predicted octanol–water partition coefficient (Wildman–Crippen LogP) is 3.41. The van der Waals surface area contributed by atoms with Crippen LogP contribution in [0.2, 0.25) is 0 Å². The highest BCUT2D eigenvalue weighted by Crippen LogP contribution is 2.44. The third-order valence-electron chi connectivity index (χ3n) is 6.35. The zero-order valence-corrected chi connectivity index (χ0v) is 16.3. The largest absolute Gasteiger partial charge is 0.310 e. The molecular weight excluding hydrogens is 336 g/mol. The Labute approximate surface area is 154 Å². The SMILES string of the molecule is CCC(C(=O)S(=O)O)C1CCN(N2CCCC(C)C2)C2=CCCCC21. The number of rotatable bonds is 4. The summed E-state index contributed by atoms with van der Waals surface area (Å²) in [5.74, 6) is 1.01. The highest BCUT2D eigenvalue weighted by Gasteiger charge is 2.43. The quantitative estimate of drug-likeness (QED) is 0.771. The molecule has 2 aliphatic heterocycles. The summed E-state index contributed by atoms with van der Waals surface area (Å²) in [4.78, 5) is 12.3. The van der Waals surface area contributed by atoms with Gasteiger partial charge in [0.15, 0.2) is 0 Å². The Balaban J connectivity index is 1.81. The standard InChI is InChI=1S/C19H32N2O3S/c1-3-15(19(22)25(23)24)16-10-12-21(18-9-5-4-8-17(16)18)20-11-6-7-14(2)13-20/h9,14-17H,3-8,10-13H2,1-2H3,(H,23,24). The molecule has 0 aromatic carbocycles. The minimum absolute atomic E-state index is 0.207. The topological polar surface area (TPSA) is 60.9 Å². The number of hydrogen-bond donors (Lipinski definition) is 1. The molecule has 0 aromatic rings. The predicted molar refractivity (Wildman–Crippen MR) is 99.8 cm³/mol. The monoisotopic (exact) mass is 368 g/mol. The molecule has 5 atom stereocenters. The maximum atomic E-state index is 12.3. The van der Waals surface area contributed by atoms with Crippen molar-refractivity contribution in [2.75, 3.05) is 19.6 Å². The van der Waals surface area contributed by atoms with Crippen molar-refractivity contribution in [1.82, 2.24) is 10.0 Å². The molecule has 0 saturated carbocycles. The van der Waals surface area contributed by atoms with Gasteiger partial charge in [-0.1, -0.05) is 19.9 Å². The molecule has 6 heteroatoms. The Morgan fingerprint density at radius 2 is 2.12 bits per heavy atom. The van der Waals surface area contributed by atoms with Gasteiger partial charge >= 0.3 is 0 Å². The highest BCUT2D eigenvalue weighted by atomic mass is 32.2. The molecule has 0 aromatic heterocycles. The number of piperidine rings is 2. The van der Waals surface area contributed by atoms with Crippen LogP contribution in [0, 0.1) is 23.7 Å². The molecule has 0 spiro atoms. The van der Waals surface area contributed by atoms with E-state index in [9.17, 15) is 13.6 Å². The second-order valence-corrected chi connectivity index (χ2v) is 8.89. The number of hydrogen-bond acceptors (Lipinski definition) is 4. The number of carbonyl (C=O) groups is 1. The number of hydrazine groups is 1. The Morgan fingerprint density at radius 1 is 1.32 bits per heavy atom. The summed E-state index contributed by atoms with van der Waals surface area (Å²) in [5.41, 5.74) is 1.38. The maximum absolute atomic E-state index is 12.3. The van der Waals surface area contributed by atoms with Crippen LogP contribution in [0.25, 0.3) is 0 Å². The average Bonchev–Trinajstić information content (AvgIpc) is 2.62. The molecule has 2 fully saturated rings. The minimum atomic E-state index is -2.35. The van der Waals surface area contributed by atoms with Gasteiger partial charge in [0.25, 0.3) is 0 Å². The van der Waals surface area contributed by atoms with Crippen LogP contribution in [-0.4, -0.2) is 43.5 Å². The van der Waals surface area contributed by atoms with Crippen molar-refractivity contribution in [3.63, 3.8) is 0 Å². The molecule has 1 N–H and O–H groups in total. The van der Waals surface area contributed by atoms with Gasteiger partial charge in [0.05, 0.1) is 0 Å². The Kier molecular flexibility index (Phi) is 6.34. The summed E-state index contributed by atoms with van der Waals surface area (Å²) in [5, 5.41) is 4.53. The summed E-state index contributed by atoms with van der Waals surface area (Å²) in [7, 11) is 0. The fourth-order valence-electron chi connectivity index (χ4n) is 5.16. The fraction of sp³-hybridized carbons (Fsp3) is 0.842. The number of allylic oxidation sites excluding steroid dienone is 2. The molecular formula is C19H32N2O3S. The van der Waals surface area contributed by atoms with Gasteiger partial charge in [0, 0.05) is 37.2 Å². The first-order valence-electron chi connectivity index (χ1n) is 9.90. The third-order valence-corrected chi connectivity index (χ3v) is 7.00. The zero-order valence-electron chi connectivity index (χ0n) is 15.5. The normalized spacial score (nSPS) is 33.3. The first-order valence-corrected chi connectivity index (χ1v) is 11.0. The van der Waals surface area contributed by atoms with Crippen LogP contribution in [0.15, 0.2) is 11.8 Å². The van der Waals surface area contributed by atoms with E-state index in [1.165, 1.54) is 18.5 Å². The Hall–Kier alpha value is -0.720. The lowest BCUT2D eigenvalue weighted by Crippen LogP contribution is -2.53. The zero-order chi connectivity index (χ0) is 18.0. The van der Waals surface area contributed by atoms with Gasteiger partial charge in [-0.3, -0.25) is 4.79 Å². The molecule has 0 radical (unpaired) electrons. The van der Waals surface area contributed by atoms with Crippen LogP contribution in [0.4, 0.5) is 0 Å². The van der Waals surface area contributed by atoms with Gasteiger partial charge in [-0.2, -0.15) is 0 Å². The maximum Gasteiger partial charge on any atom is 0.249 e. The van der Waals surface area contributed by atoms with Gasteiger partial charge < -0.3 is 9.56 Å². The minimum Gasteiger partial charge on any atom is -0.310 e. The van der Waals surface area contributed by atoms with Crippen molar-refractivity contribution in [2.45, 2.75) is 58.8 Å². The summed E-state index contributed by atoms with van der Waals surface area (Å²) >= 11 is -2.35. The van der Waals surface area contributed by atoms with Crippen LogP contribution in [-0.2, 0) is 15.9 Å². The number of nitrogens with zero attached hydrogens (tertiary/aromatic N) is 2. The third kappa shape index (κ3) is 4.01. The molecule has 0 bridgehead atoms. The summed E-state index contributed by atoms with van der Waals surface area (Å²) in [6.07, 6.45) is 9.87. The van der Waals surface area contributed by atoms with Gasteiger partial charge in [-0.05, 0) is 56.8 Å². The van der Waals surface area contributed by atoms with Crippen molar-refractivity contribution in [3.8, 4) is 0 Å². The van der Waals surface area contributed by atoms with Gasteiger partial charge in [-0.25, -0.2) is 9.22 Å². The first kappa shape index (κ1) is 19.1. The van der Waals surface area contributed by atoms with E-state index in [1.807, 2.05) is 6.92 Å². The molecule has 3 aliphatic rings. The molecule has 25 heavy (non-hydrogen) atoms. The molecule has 1 aliphatic carbocycles. The summed E-state index contributed by atoms with van der Waals surface area (Å²) in [6, 6.07) is 0. The van der Waals surface area contributed by atoms with Crippen LogP contribution < -0.4 is 0 Å². The van der Waals surface area contributed by atoms with Crippen molar-refractivity contribution in [1.29, 1.82) is 0 Å². The summed E-state index contributed by atoms with van der Waals surface area (Å²) in [6.45, 7) is 7.47. The van der Waals surface area contributed by atoms with Gasteiger partial charge in [0.1, 0.15) is 0 Å². The molecule has 142 valence electrons. The van der Waals surface area contributed by atoms with Crippen molar-refractivity contribution in [3.05, 3.63) is 11.8 Å². The van der Waals surface area contributed by atoms with E-state index in [0.29, 0.717) is 12.3 Å². The van der Waals surface area contributed by atoms with Gasteiger partial charge in [0.2, 0.25) is 16.2 Å².